The van der Waals surface area contributed by atoms with Crippen molar-refractivity contribution in [2.75, 3.05) is 33.5 Å². The van der Waals surface area contributed by atoms with Crippen LogP contribution in [0.25, 0.3) is 0 Å². The Kier molecular flexibility index (Phi) is 6.17. The van der Waals surface area contributed by atoms with E-state index in [1.54, 1.807) is 7.11 Å². The molecule has 1 heterocycles. The molecular weight excluding hydrogens is 268 g/mol. The highest BCUT2D eigenvalue weighted by Gasteiger charge is 2.38. The van der Waals surface area contributed by atoms with Gasteiger partial charge in [0.15, 0.2) is 0 Å². The summed E-state index contributed by atoms with van der Waals surface area (Å²) < 4.78 is 10.4. The van der Waals surface area contributed by atoms with E-state index < -0.39 is 0 Å². The van der Waals surface area contributed by atoms with Crippen LogP contribution in [0.2, 0.25) is 0 Å². The second-order valence-electron chi connectivity index (χ2n) is 5.07. The summed E-state index contributed by atoms with van der Waals surface area (Å²) >= 11 is 0. The van der Waals surface area contributed by atoms with Gasteiger partial charge in [0.25, 0.3) is 0 Å². The number of rotatable bonds is 8. The number of carbonyl (C=O) groups is 1. The zero-order valence-corrected chi connectivity index (χ0v) is 12.7. The molecule has 5 heteroatoms. The first-order chi connectivity index (χ1) is 10.3. The SMILES string of the molecule is CCC1NC(c2ccccc2)C(=O)N1CCOCCOC. The van der Waals surface area contributed by atoms with Gasteiger partial charge in [-0.1, -0.05) is 37.3 Å². The summed E-state index contributed by atoms with van der Waals surface area (Å²) in [6, 6.07) is 9.61. The summed E-state index contributed by atoms with van der Waals surface area (Å²) in [5.41, 5.74) is 1.02. The van der Waals surface area contributed by atoms with Crippen molar-refractivity contribution in [3.8, 4) is 0 Å². The topological polar surface area (TPSA) is 50.8 Å². The third-order valence-corrected chi connectivity index (χ3v) is 3.69. The third-order valence-electron chi connectivity index (χ3n) is 3.69. The summed E-state index contributed by atoms with van der Waals surface area (Å²) in [4.78, 5) is 14.5. The van der Waals surface area contributed by atoms with Crippen molar-refractivity contribution in [2.45, 2.75) is 25.6 Å². The van der Waals surface area contributed by atoms with Crippen LogP contribution < -0.4 is 5.32 Å². The molecule has 2 unspecified atom stereocenters. The number of carbonyl (C=O) groups excluding carboxylic acids is 1. The lowest BCUT2D eigenvalue weighted by molar-refractivity contribution is -0.131. The maximum atomic E-state index is 12.6. The van der Waals surface area contributed by atoms with Crippen LogP contribution in [0.3, 0.4) is 0 Å². The van der Waals surface area contributed by atoms with Crippen molar-refractivity contribution in [3.63, 3.8) is 0 Å². The quantitative estimate of drug-likeness (QED) is 0.739. The summed E-state index contributed by atoms with van der Waals surface area (Å²) in [6.07, 6.45) is 0.960. The Labute approximate surface area is 126 Å². The number of nitrogens with zero attached hydrogens (tertiary/aromatic N) is 1. The first-order valence-electron chi connectivity index (χ1n) is 7.46. The molecule has 0 radical (unpaired) electrons. The average molecular weight is 292 g/mol. The molecule has 1 fully saturated rings. The van der Waals surface area contributed by atoms with Gasteiger partial charge >= 0.3 is 0 Å². The summed E-state index contributed by atoms with van der Waals surface area (Å²) in [5, 5.41) is 3.40. The average Bonchev–Trinajstić information content (AvgIpc) is 2.84. The highest BCUT2D eigenvalue weighted by atomic mass is 16.5. The van der Waals surface area contributed by atoms with Gasteiger partial charge in [-0.2, -0.15) is 0 Å². The fraction of sp³-hybridized carbons (Fsp3) is 0.562. The van der Waals surface area contributed by atoms with Crippen LogP contribution in [0.1, 0.15) is 24.9 Å². The second-order valence-corrected chi connectivity index (χ2v) is 5.07. The molecule has 116 valence electrons. The number of hydrogen-bond acceptors (Lipinski definition) is 4. The first kappa shape index (κ1) is 15.9. The maximum absolute atomic E-state index is 12.6. The summed E-state index contributed by atoms with van der Waals surface area (Å²) in [6.45, 7) is 4.37. The van der Waals surface area contributed by atoms with Crippen molar-refractivity contribution < 1.29 is 14.3 Å². The third kappa shape index (κ3) is 4.03. The number of nitrogens with one attached hydrogen (secondary N) is 1. The lowest BCUT2D eigenvalue weighted by atomic mass is 10.1. The highest BCUT2D eigenvalue weighted by Crippen LogP contribution is 2.24. The lowest BCUT2D eigenvalue weighted by Crippen LogP contribution is -2.39. The van der Waals surface area contributed by atoms with Crippen LogP contribution in [0.4, 0.5) is 0 Å². The molecule has 1 N–H and O–H groups in total. The van der Waals surface area contributed by atoms with Crippen LogP contribution in [-0.4, -0.2) is 50.4 Å². The highest BCUT2D eigenvalue weighted by molar-refractivity contribution is 5.85. The molecule has 0 bridgehead atoms. The number of ether oxygens (including phenoxy) is 2. The Hall–Kier alpha value is -1.43. The summed E-state index contributed by atoms with van der Waals surface area (Å²) in [5.74, 6) is 0.128. The van der Waals surface area contributed by atoms with Gasteiger partial charge in [-0.15, -0.1) is 0 Å². The Morgan fingerprint density at radius 1 is 1.19 bits per heavy atom. The number of hydrogen-bond donors (Lipinski definition) is 1. The molecule has 1 aromatic rings. The van der Waals surface area contributed by atoms with E-state index in [1.165, 1.54) is 0 Å². The van der Waals surface area contributed by atoms with Crippen LogP contribution in [-0.2, 0) is 14.3 Å². The zero-order chi connectivity index (χ0) is 15.1. The fourth-order valence-electron chi connectivity index (χ4n) is 2.57. The van der Waals surface area contributed by atoms with Crippen molar-refractivity contribution in [3.05, 3.63) is 35.9 Å². The molecule has 1 aliphatic rings. The molecule has 0 spiro atoms. The zero-order valence-electron chi connectivity index (χ0n) is 12.7. The van der Waals surface area contributed by atoms with E-state index in [2.05, 4.69) is 12.2 Å². The van der Waals surface area contributed by atoms with E-state index in [4.69, 9.17) is 9.47 Å². The van der Waals surface area contributed by atoms with Crippen molar-refractivity contribution in [1.29, 1.82) is 0 Å². The van der Waals surface area contributed by atoms with E-state index in [9.17, 15) is 4.79 Å². The normalized spacial score (nSPS) is 22.0. The molecule has 21 heavy (non-hydrogen) atoms. The maximum Gasteiger partial charge on any atom is 0.245 e. The number of methoxy groups -OCH3 is 1. The molecule has 2 rings (SSSR count). The Balaban J connectivity index is 1.93. The van der Waals surface area contributed by atoms with Gasteiger partial charge in [0.1, 0.15) is 6.04 Å². The standard InChI is InChI=1S/C16H24N2O3/c1-3-14-17-15(13-7-5-4-6-8-13)16(19)18(14)9-10-21-12-11-20-2/h4-8,14-15,17H,3,9-12H2,1-2H3. The minimum atomic E-state index is -0.241. The van der Waals surface area contributed by atoms with Crippen molar-refractivity contribution in [2.24, 2.45) is 0 Å². The van der Waals surface area contributed by atoms with Gasteiger partial charge in [0.05, 0.1) is 26.0 Å². The Morgan fingerprint density at radius 3 is 2.62 bits per heavy atom. The summed E-state index contributed by atoms with van der Waals surface area (Å²) in [7, 11) is 1.65. The predicted molar refractivity (Wildman–Crippen MR) is 80.8 cm³/mol. The van der Waals surface area contributed by atoms with Crippen LogP contribution >= 0.6 is 0 Å². The van der Waals surface area contributed by atoms with Crippen molar-refractivity contribution >= 4 is 5.91 Å². The van der Waals surface area contributed by atoms with E-state index >= 15 is 0 Å². The molecule has 1 amide bonds. The van der Waals surface area contributed by atoms with E-state index in [0.717, 1.165) is 12.0 Å². The van der Waals surface area contributed by atoms with E-state index in [-0.39, 0.29) is 18.1 Å². The van der Waals surface area contributed by atoms with Crippen LogP contribution in [0.15, 0.2) is 30.3 Å². The van der Waals surface area contributed by atoms with E-state index in [1.807, 2.05) is 35.2 Å². The lowest BCUT2D eigenvalue weighted by Gasteiger charge is -2.22. The molecular formula is C16H24N2O3. The molecule has 0 saturated carbocycles. The van der Waals surface area contributed by atoms with Gasteiger partial charge in [-0.05, 0) is 12.0 Å². The minimum absolute atomic E-state index is 0.0775. The van der Waals surface area contributed by atoms with Crippen LogP contribution in [0, 0.1) is 0 Å². The van der Waals surface area contributed by atoms with Gasteiger partial charge in [-0.25, -0.2) is 0 Å². The second kappa shape index (κ2) is 8.12. The first-order valence-corrected chi connectivity index (χ1v) is 7.46. The monoisotopic (exact) mass is 292 g/mol. The molecule has 1 aliphatic heterocycles. The van der Waals surface area contributed by atoms with Gasteiger partial charge in [0.2, 0.25) is 5.91 Å². The minimum Gasteiger partial charge on any atom is -0.382 e. The van der Waals surface area contributed by atoms with Gasteiger partial charge in [0, 0.05) is 13.7 Å². The molecule has 0 aromatic heterocycles. The predicted octanol–water partition coefficient (Wildman–Crippen LogP) is 1.56. The molecule has 1 saturated heterocycles. The number of benzene rings is 1. The largest absolute Gasteiger partial charge is 0.382 e. The smallest absolute Gasteiger partial charge is 0.245 e. The van der Waals surface area contributed by atoms with Gasteiger partial charge in [-0.3, -0.25) is 10.1 Å². The Bertz CT molecular complexity index is 438. The Morgan fingerprint density at radius 2 is 1.95 bits per heavy atom. The molecule has 1 aromatic carbocycles. The van der Waals surface area contributed by atoms with E-state index in [0.29, 0.717) is 26.4 Å². The molecule has 0 aliphatic carbocycles. The van der Waals surface area contributed by atoms with Gasteiger partial charge < -0.3 is 14.4 Å². The fourth-order valence-corrected chi connectivity index (χ4v) is 2.57. The molecule has 5 nitrogen and oxygen atoms in total. The van der Waals surface area contributed by atoms with Crippen molar-refractivity contribution in [1.82, 2.24) is 10.2 Å². The van der Waals surface area contributed by atoms with Crippen LogP contribution in [0.5, 0.6) is 0 Å². The number of amides is 1. The molecule has 2 atom stereocenters.